The van der Waals surface area contributed by atoms with E-state index >= 15 is 0 Å². The van der Waals surface area contributed by atoms with Crippen LogP contribution < -0.4 is 10.1 Å². The zero-order chi connectivity index (χ0) is 16.8. The number of carbonyl (C=O) groups is 1. The molecule has 0 unspecified atom stereocenters. The zero-order valence-electron chi connectivity index (χ0n) is 13.7. The van der Waals surface area contributed by atoms with Crippen molar-refractivity contribution in [2.45, 2.75) is 38.6 Å². The van der Waals surface area contributed by atoms with E-state index in [-0.39, 0.29) is 24.4 Å². The molecule has 5 nitrogen and oxygen atoms in total. The molecule has 0 saturated heterocycles. The Bertz CT molecular complexity index is 531. The van der Waals surface area contributed by atoms with E-state index in [1.807, 2.05) is 0 Å². The standard InChI is InChI=1S/C17H25FN2O3/c1-3-23-16-9-6-13(10-15(16)18)19-17(22)20(2)14-7-4-12(11-21)5-8-14/h6,9-10,12,14,21H,3-5,7-8,11H2,1-2H3,(H,19,22). The molecular weight excluding hydrogens is 299 g/mol. The second kappa shape index (κ2) is 8.15. The number of benzene rings is 1. The number of nitrogens with one attached hydrogen (secondary N) is 1. The highest BCUT2D eigenvalue weighted by atomic mass is 19.1. The van der Waals surface area contributed by atoms with Crippen LogP contribution in [-0.4, -0.2) is 42.3 Å². The molecule has 1 fully saturated rings. The molecule has 0 aliphatic heterocycles. The monoisotopic (exact) mass is 324 g/mol. The summed E-state index contributed by atoms with van der Waals surface area (Å²) in [6.45, 7) is 2.39. The van der Waals surface area contributed by atoms with Crippen molar-refractivity contribution in [2.75, 3.05) is 25.6 Å². The molecule has 1 aromatic rings. The first-order valence-corrected chi connectivity index (χ1v) is 8.12. The van der Waals surface area contributed by atoms with Gasteiger partial charge in [-0.05, 0) is 50.7 Å². The van der Waals surface area contributed by atoms with Crippen LogP contribution in [0.25, 0.3) is 0 Å². The van der Waals surface area contributed by atoms with Crippen molar-refractivity contribution >= 4 is 11.7 Å². The van der Waals surface area contributed by atoms with E-state index in [2.05, 4.69) is 5.32 Å². The summed E-state index contributed by atoms with van der Waals surface area (Å²) in [7, 11) is 1.75. The molecule has 1 aromatic carbocycles. The lowest BCUT2D eigenvalue weighted by atomic mass is 9.86. The topological polar surface area (TPSA) is 61.8 Å². The maximum Gasteiger partial charge on any atom is 0.321 e. The van der Waals surface area contributed by atoms with E-state index in [0.29, 0.717) is 18.2 Å². The van der Waals surface area contributed by atoms with Gasteiger partial charge in [-0.15, -0.1) is 0 Å². The number of anilines is 1. The predicted octanol–water partition coefficient (Wildman–Crippen LogP) is 3.24. The molecule has 23 heavy (non-hydrogen) atoms. The molecule has 2 amide bonds. The van der Waals surface area contributed by atoms with Gasteiger partial charge in [-0.1, -0.05) is 0 Å². The van der Waals surface area contributed by atoms with Gasteiger partial charge >= 0.3 is 6.03 Å². The maximum absolute atomic E-state index is 13.8. The summed E-state index contributed by atoms with van der Waals surface area (Å²) < 4.78 is 19.0. The first-order valence-electron chi connectivity index (χ1n) is 8.12. The number of halogens is 1. The van der Waals surface area contributed by atoms with Gasteiger partial charge in [0.25, 0.3) is 0 Å². The second-order valence-corrected chi connectivity index (χ2v) is 5.98. The summed E-state index contributed by atoms with van der Waals surface area (Å²) in [6, 6.07) is 4.31. The minimum absolute atomic E-state index is 0.158. The minimum atomic E-state index is -0.490. The molecule has 0 atom stereocenters. The Hall–Kier alpha value is -1.82. The summed E-state index contributed by atoms with van der Waals surface area (Å²) in [5.41, 5.74) is 0.409. The quantitative estimate of drug-likeness (QED) is 0.874. The van der Waals surface area contributed by atoms with Crippen LogP contribution in [0.1, 0.15) is 32.6 Å². The number of hydrogen-bond acceptors (Lipinski definition) is 3. The number of urea groups is 1. The number of hydrogen-bond donors (Lipinski definition) is 2. The fourth-order valence-electron chi connectivity index (χ4n) is 2.94. The number of ether oxygens (including phenoxy) is 1. The number of aliphatic hydroxyl groups excluding tert-OH is 1. The van der Waals surface area contributed by atoms with Gasteiger partial charge in [-0.3, -0.25) is 0 Å². The highest BCUT2D eigenvalue weighted by Gasteiger charge is 2.26. The largest absolute Gasteiger partial charge is 0.491 e. The Labute approximate surface area is 136 Å². The molecule has 2 N–H and O–H groups in total. The van der Waals surface area contributed by atoms with Crippen molar-refractivity contribution < 1.29 is 19.0 Å². The van der Waals surface area contributed by atoms with Gasteiger partial charge in [-0.2, -0.15) is 0 Å². The van der Waals surface area contributed by atoms with Crippen LogP contribution in [0.4, 0.5) is 14.9 Å². The first kappa shape index (κ1) is 17.5. The highest BCUT2D eigenvalue weighted by Crippen LogP contribution is 2.27. The lowest BCUT2D eigenvalue weighted by Crippen LogP contribution is -2.42. The molecule has 0 heterocycles. The number of amides is 2. The third-order valence-corrected chi connectivity index (χ3v) is 4.43. The molecule has 0 radical (unpaired) electrons. The van der Waals surface area contributed by atoms with E-state index in [1.54, 1.807) is 24.9 Å². The molecule has 0 aromatic heterocycles. The molecule has 2 rings (SSSR count). The van der Waals surface area contributed by atoms with Crippen LogP contribution in [0.15, 0.2) is 18.2 Å². The number of nitrogens with zero attached hydrogens (tertiary/aromatic N) is 1. The SMILES string of the molecule is CCOc1ccc(NC(=O)N(C)C2CCC(CO)CC2)cc1F. The average Bonchev–Trinajstić information content (AvgIpc) is 2.57. The van der Waals surface area contributed by atoms with E-state index in [9.17, 15) is 9.18 Å². The van der Waals surface area contributed by atoms with Crippen molar-refractivity contribution in [1.82, 2.24) is 4.90 Å². The predicted molar refractivity (Wildman–Crippen MR) is 87.2 cm³/mol. The van der Waals surface area contributed by atoms with Gasteiger partial charge in [0.05, 0.1) is 6.61 Å². The van der Waals surface area contributed by atoms with Crippen LogP contribution in [-0.2, 0) is 0 Å². The Balaban J connectivity index is 1.92. The van der Waals surface area contributed by atoms with Crippen molar-refractivity contribution in [3.8, 4) is 5.75 Å². The molecule has 1 aliphatic rings. The van der Waals surface area contributed by atoms with Gasteiger partial charge in [-0.25, -0.2) is 9.18 Å². The van der Waals surface area contributed by atoms with Gasteiger partial charge in [0.15, 0.2) is 11.6 Å². The lowest BCUT2D eigenvalue weighted by Gasteiger charge is -2.34. The van der Waals surface area contributed by atoms with E-state index < -0.39 is 5.82 Å². The zero-order valence-corrected chi connectivity index (χ0v) is 13.7. The molecule has 6 heteroatoms. The molecule has 1 saturated carbocycles. The van der Waals surface area contributed by atoms with Crippen LogP contribution >= 0.6 is 0 Å². The van der Waals surface area contributed by atoms with Crippen molar-refractivity contribution in [3.63, 3.8) is 0 Å². The molecule has 0 spiro atoms. The Kier molecular flexibility index (Phi) is 6.21. The third-order valence-electron chi connectivity index (χ3n) is 4.43. The van der Waals surface area contributed by atoms with Crippen LogP contribution in [0.3, 0.4) is 0 Å². The van der Waals surface area contributed by atoms with Crippen molar-refractivity contribution in [1.29, 1.82) is 0 Å². The van der Waals surface area contributed by atoms with Crippen LogP contribution in [0, 0.1) is 11.7 Å². The summed E-state index contributed by atoms with van der Waals surface area (Å²) >= 11 is 0. The van der Waals surface area contributed by atoms with E-state index in [1.165, 1.54) is 12.1 Å². The Morgan fingerprint density at radius 1 is 1.39 bits per heavy atom. The first-order chi connectivity index (χ1) is 11.0. The van der Waals surface area contributed by atoms with Gasteiger partial charge in [0.1, 0.15) is 0 Å². The van der Waals surface area contributed by atoms with E-state index in [4.69, 9.17) is 9.84 Å². The summed E-state index contributed by atoms with van der Waals surface area (Å²) in [6.07, 6.45) is 3.62. The average molecular weight is 324 g/mol. The summed E-state index contributed by atoms with van der Waals surface area (Å²) in [4.78, 5) is 14.0. The minimum Gasteiger partial charge on any atom is -0.491 e. The molecular formula is C17H25FN2O3. The Morgan fingerprint density at radius 2 is 2.09 bits per heavy atom. The number of aliphatic hydroxyl groups is 1. The lowest BCUT2D eigenvalue weighted by molar-refractivity contribution is 0.139. The normalized spacial score (nSPS) is 20.9. The van der Waals surface area contributed by atoms with E-state index in [0.717, 1.165) is 25.7 Å². The second-order valence-electron chi connectivity index (χ2n) is 5.98. The molecule has 0 bridgehead atoms. The van der Waals surface area contributed by atoms with Crippen molar-refractivity contribution in [3.05, 3.63) is 24.0 Å². The summed E-state index contributed by atoms with van der Waals surface area (Å²) in [5.74, 6) is 0.0415. The van der Waals surface area contributed by atoms with Crippen LogP contribution in [0.2, 0.25) is 0 Å². The highest BCUT2D eigenvalue weighted by molar-refractivity contribution is 5.89. The fraction of sp³-hybridized carbons (Fsp3) is 0.588. The maximum atomic E-state index is 13.8. The summed E-state index contributed by atoms with van der Waals surface area (Å²) in [5, 5.41) is 11.9. The number of carbonyl (C=O) groups excluding carboxylic acids is 1. The molecule has 1 aliphatic carbocycles. The molecule has 128 valence electrons. The Morgan fingerprint density at radius 3 is 2.65 bits per heavy atom. The van der Waals surface area contributed by atoms with Gasteiger partial charge in [0, 0.05) is 31.5 Å². The smallest absolute Gasteiger partial charge is 0.321 e. The van der Waals surface area contributed by atoms with Gasteiger partial charge < -0.3 is 20.1 Å². The number of rotatable bonds is 5. The third kappa shape index (κ3) is 4.58. The van der Waals surface area contributed by atoms with Gasteiger partial charge in [0.2, 0.25) is 0 Å². The van der Waals surface area contributed by atoms with Crippen molar-refractivity contribution in [2.24, 2.45) is 5.92 Å². The van der Waals surface area contributed by atoms with Crippen LogP contribution in [0.5, 0.6) is 5.75 Å². The fourth-order valence-corrected chi connectivity index (χ4v) is 2.94.